The van der Waals surface area contributed by atoms with Crippen LogP contribution in [-0.2, 0) is 0 Å². The molecule has 0 aliphatic heterocycles. The van der Waals surface area contributed by atoms with Crippen LogP contribution in [0.2, 0.25) is 0 Å². The molecule has 0 amide bonds. The molecular weight excluding hydrogens is 657 g/mol. The van der Waals surface area contributed by atoms with Crippen LogP contribution in [0, 0.1) is 0 Å². The van der Waals surface area contributed by atoms with Crippen molar-refractivity contribution in [2.75, 3.05) is 13.2 Å². The molecule has 0 fully saturated rings. The van der Waals surface area contributed by atoms with Crippen molar-refractivity contribution in [1.29, 1.82) is 0 Å². The van der Waals surface area contributed by atoms with Gasteiger partial charge in [-0.25, -0.2) is 0 Å². The van der Waals surface area contributed by atoms with Crippen LogP contribution in [0.25, 0.3) is 35.4 Å². The molecule has 0 aliphatic rings. The SMILES string of the molecule is CCCCCCCCCCCCOc1cccc(/C=C/c2ccc(-c3ccc(/C=C/c4cccc(OCCCCCCCCCCCC)c4)cc3)cc2)c1. The Morgan fingerprint density at radius 3 is 1.00 bits per heavy atom. The Labute approximate surface area is 330 Å². The van der Waals surface area contributed by atoms with E-state index in [9.17, 15) is 0 Å². The molecule has 4 aromatic rings. The molecule has 2 nitrogen and oxygen atoms in total. The number of hydrogen-bond donors (Lipinski definition) is 0. The van der Waals surface area contributed by atoms with Gasteiger partial charge in [0.25, 0.3) is 0 Å². The average molecular weight is 727 g/mol. The first kappa shape index (κ1) is 42.7. The molecule has 54 heavy (non-hydrogen) atoms. The lowest BCUT2D eigenvalue weighted by molar-refractivity contribution is 0.304. The van der Waals surface area contributed by atoms with Gasteiger partial charge in [-0.05, 0) is 70.5 Å². The summed E-state index contributed by atoms with van der Waals surface area (Å²) in [6, 6.07) is 34.4. The molecular formula is C52H70O2. The third kappa shape index (κ3) is 18.3. The molecule has 0 spiro atoms. The second-order valence-corrected chi connectivity index (χ2v) is 15.1. The molecule has 0 radical (unpaired) electrons. The lowest BCUT2D eigenvalue weighted by atomic mass is 10.0. The van der Waals surface area contributed by atoms with Gasteiger partial charge in [-0.2, -0.15) is 0 Å². The maximum absolute atomic E-state index is 6.08. The Hall–Kier alpha value is -4.04. The first-order chi connectivity index (χ1) is 26.7. The molecule has 0 atom stereocenters. The molecule has 0 saturated carbocycles. The molecule has 2 heteroatoms. The molecule has 4 aromatic carbocycles. The van der Waals surface area contributed by atoms with E-state index >= 15 is 0 Å². The Morgan fingerprint density at radius 1 is 0.333 bits per heavy atom. The minimum Gasteiger partial charge on any atom is -0.494 e. The van der Waals surface area contributed by atoms with Crippen molar-refractivity contribution in [3.05, 3.63) is 119 Å². The first-order valence-electron chi connectivity index (χ1n) is 21.8. The van der Waals surface area contributed by atoms with Crippen LogP contribution in [-0.4, -0.2) is 13.2 Å². The highest BCUT2D eigenvalue weighted by atomic mass is 16.5. The fourth-order valence-corrected chi connectivity index (χ4v) is 6.93. The predicted molar refractivity (Wildman–Crippen MR) is 237 cm³/mol. The van der Waals surface area contributed by atoms with Crippen molar-refractivity contribution in [2.45, 2.75) is 142 Å². The monoisotopic (exact) mass is 727 g/mol. The zero-order chi connectivity index (χ0) is 37.7. The van der Waals surface area contributed by atoms with Gasteiger partial charge in [0.1, 0.15) is 11.5 Å². The number of unbranched alkanes of at least 4 members (excludes halogenated alkanes) is 18. The molecule has 0 heterocycles. The minimum atomic E-state index is 0.797. The van der Waals surface area contributed by atoms with Gasteiger partial charge < -0.3 is 9.47 Å². The van der Waals surface area contributed by atoms with Gasteiger partial charge in [0.2, 0.25) is 0 Å². The zero-order valence-corrected chi connectivity index (χ0v) is 33.9. The predicted octanol–water partition coefficient (Wildman–Crippen LogP) is 16.3. The highest BCUT2D eigenvalue weighted by molar-refractivity contribution is 5.74. The van der Waals surface area contributed by atoms with Crippen molar-refractivity contribution < 1.29 is 9.47 Å². The van der Waals surface area contributed by atoms with E-state index in [2.05, 4.69) is 135 Å². The van der Waals surface area contributed by atoms with Crippen LogP contribution in [0.15, 0.2) is 97.1 Å². The van der Waals surface area contributed by atoms with Crippen molar-refractivity contribution in [3.63, 3.8) is 0 Å². The fraction of sp³-hybridized carbons (Fsp3) is 0.462. The van der Waals surface area contributed by atoms with E-state index in [1.165, 1.54) is 138 Å². The Balaban J connectivity index is 1.13. The van der Waals surface area contributed by atoms with Crippen molar-refractivity contribution in [3.8, 4) is 22.6 Å². The molecule has 0 aliphatic carbocycles. The normalized spacial score (nSPS) is 11.5. The smallest absolute Gasteiger partial charge is 0.119 e. The van der Waals surface area contributed by atoms with Gasteiger partial charge >= 0.3 is 0 Å². The number of ether oxygens (including phenoxy) is 2. The summed E-state index contributed by atoms with van der Waals surface area (Å²) in [4.78, 5) is 0. The third-order valence-electron chi connectivity index (χ3n) is 10.3. The minimum absolute atomic E-state index is 0.797. The van der Waals surface area contributed by atoms with Gasteiger partial charge in [0, 0.05) is 0 Å². The number of rotatable bonds is 29. The van der Waals surface area contributed by atoms with Crippen LogP contribution >= 0.6 is 0 Å². The third-order valence-corrected chi connectivity index (χ3v) is 10.3. The van der Waals surface area contributed by atoms with Crippen molar-refractivity contribution in [2.24, 2.45) is 0 Å². The van der Waals surface area contributed by atoms with Gasteiger partial charge in [0.15, 0.2) is 0 Å². The van der Waals surface area contributed by atoms with E-state index in [-0.39, 0.29) is 0 Å². The highest BCUT2D eigenvalue weighted by Gasteiger charge is 2.01. The van der Waals surface area contributed by atoms with E-state index < -0.39 is 0 Å². The van der Waals surface area contributed by atoms with Crippen molar-refractivity contribution in [1.82, 2.24) is 0 Å². The van der Waals surface area contributed by atoms with Crippen LogP contribution < -0.4 is 9.47 Å². The molecule has 0 aromatic heterocycles. The maximum atomic E-state index is 6.08. The Morgan fingerprint density at radius 2 is 0.648 bits per heavy atom. The summed E-state index contributed by atoms with van der Waals surface area (Å²) in [5.74, 6) is 1.91. The van der Waals surface area contributed by atoms with Crippen LogP contribution in [0.3, 0.4) is 0 Å². The van der Waals surface area contributed by atoms with Crippen LogP contribution in [0.4, 0.5) is 0 Å². The van der Waals surface area contributed by atoms with E-state index in [4.69, 9.17) is 9.47 Å². The fourth-order valence-electron chi connectivity index (χ4n) is 6.93. The summed E-state index contributed by atoms with van der Waals surface area (Å²) in [5.41, 5.74) is 7.13. The van der Waals surface area contributed by atoms with E-state index in [0.29, 0.717) is 0 Å². The summed E-state index contributed by atoms with van der Waals surface area (Å²) in [6.07, 6.45) is 35.5. The number of hydrogen-bond acceptors (Lipinski definition) is 2. The quantitative estimate of drug-likeness (QED) is 0.0410. The Bertz CT molecular complexity index is 1460. The van der Waals surface area contributed by atoms with E-state index in [1.807, 2.05) is 0 Å². The van der Waals surface area contributed by atoms with Gasteiger partial charge in [-0.1, -0.05) is 227 Å². The average Bonchev–Trinajstić information content (AvgIpc) is 3.21. The second-order valence-electron chi connectivity index (χ2n) is 15.1. The summed E-state index contributed by atoms with van der Waals surface area (Å²) < 4.78 is 12.2. The summed E-state index contributed by atoms with van der Waals surface area (Å²) >= 11 is 0. The summed E-state index contributed by atoms with van der Waals surface area (Å²) in [5, 5.41) is 0. The number of benzene rings is 4. The zero-order valence-electron chi connectivity index (χ0n) is 33.9. The van der Waals surface area contributed by atoms with E-state index in [0.717, 1.165) is 48.7 Å². The van der Waals surface area contributed by atoms with Gasteiger partial charge in [0.05, 0.1) is 13.2 Å². The Kier molecular flexibility index (Phi) is 21.8. The van der Waals surface area contributed by atoms with Crippen LogP contribution in [0.5, 0.6) is 11.5 Å². The molecule has 0 bridgehead atoms. The molecule has 4 rings (SSSR count). The molecule has 0 N–H and O–H groups in total. The summed E-state index contributed by atoms with van der Waals surface area (Å²) in [6.45, 7) is 6.16. The summed E-state index contributed by atoms with van der Waals surface area (Å²) in [7, 11) is 0. The van der Waals surface area contributed by atoms with Gasteiger partial charge in [-0.15, -0.1) is 0 Å². The standard InChI is InChI=1S/C52H70O2/c1-3-5-7-9-11-13-15-17-19-21-41-53-51-27-23-25-47(43-51)31-29-45-33-37-49(38-34-45)50-39-35-46(36-40-50)30-32-48-26-24-28-52(44-48)54-42-22-20-18-16-14-12-10-8-6-4-2/h23-40,43-44H,3-22,41-42H2,1-2H3/b31-29+,32-30+. The maximum Gasteiger partial charge on any atom is 0.119 e. The molecule has 0 saturated heterocycles. The second kappa shape index (κ2) is 27.5. The highest BCUT2D eigenvalue weighted by Crippen LogP contribution is 2.24. The molecule has 0 unspecified atom stereocenters. The van der Waals surface area contributed by atoms with Gasteiger partial charge in [-0.3, -0.25) is 0 Å². The largest absolute Gasteiger partial charge is 0.494 e. The van der Waals surface area contributed by atoms with E-state index in [1.54, 1.807) is 0 Å². The topological polar surface area (TPSA) is 18.5 Å². The molecule has 290 valence electrons. The lowest BCUT2D eigenvalue weighted by Gasteiger charge is -2.07. The first-order valence-corrected chi connectivity index (χ1v) is 21.8. The lowest BCUT2D eigenvalue weighted by Crippen LogP contribution is -1.97. The van der Waals surface area contributed by atoms with Crippen molar-refractivity contribution >= 4 is 24.3 Å². The van der Waals surface area contributed by atoms with Crippen LogP contribution in [0.1, 0.15) is 165 Å².